The fourth-order valence-electron chi connectivity index (χ4n) is 2.25. The second kappa shape index (κ2) is 7.62. The van der Waals surface area contributed by atoms with Crippen molar-refractivity contribution in [1.29, 1.82) is 0 Å². The Labute approximate surface area is 118 Å². The van der Waals surface area contributed by atoms with Gasteiger partial charge in [-0.15, -0.1) is 0 Å². The van der Waals surface area contributed by atoms with E-state index in [-0.39, 0.29) is 12.0 Å². The standard InChI is InChI=1S/C14H21NO3S/c1-17-7-8-18-13-2-5-15(6-3-13)14(16)10-12-4-9-19-11-12/h4,9,11,13H,2-3,5-8,10H2,1H3. The molecule has 0 bridgehead atoms. The van der Waals surface area contributed by atoms with Crippen LogP contribution in [-0.4, -0.2) is 50.3 Å². The van der Waals surface area contributed by atoms with E-state index in [1.807, 2.05) is 21.7 Å². The van der Waals surface area contributed by atoms with Crippen LogP contribution in [0.4, 0.5) is 0 Å². The lowest BCUT2D eigenvalue weighted by atomic mass is 10.1. The van der Waals surface area contributed by atoms with Gasteiger partial charge in [0.2, 0.25) is 5.91 Å². The number of thiophene rings is 1. The highest BCUT2D eigenvalue weighted by Crippen LogP contribution is 2.15. The fraction of sp³-hybridized carbons (Fsp3) is 0.643. The molecule has 1 aliphatic heterocycles. The van der Waals surface area contributed by atoms with Gasteiger partial charge in [-0.2, -0.15) is 11.3 Å². The number of likely N-dealkylation sites (tertiary alicyclic amines) is 1. The summed E-state index contributed by atoms with van der Waals surface area (Å²) in [4.78, 5) is 14.1. The molecule has 0 N–H and O–H groups in total. The number of ether oxygens (including phenoxy) is 2. The molecule has 0 saturated carbocycles. The van der Waals surface area contributed by atoms with Gasteiger partial charge in [-0.25, -0.2) is 0 Å². The number of rotatable bonds is 6. The molecule has 1 aliphatic rings. The number of amides is 1. The first-order valence-electron chi connectivity index (χ1n) is 6.69. The molecule has 0 atom stereocenters. The Hall–Kier alpha value is -0.910. The third-order valence-electron chi connectivity index (χ3n) is 3.37. The number of methoxy groups -OCH3 is 1. The third kappa shape index (κ3) is 4.60. The summed E-state index contributed by atoms with van der Waals surface area (Å²) in [5.74, 6) is 0.230. The van der Waals surface area contributed by atoms with Gasteiger partial charge in [0, 0.05) is 20.2 Å². The molecule has 2 heterocycles. The molecule has 1 amide bonds. The van der Waals surface area contributed by atoms with Crippen LogP contribution in [0, 0.1) is 0 Å². The van der Waals surface area contributed by atoms with E-state index in [0.717, 1.165) is 31.5 Å². The highest BCUT2D eigenvalue weighted by atomic mass is 32.1. The first-order chi connectivity index (χ1) is 9.29. The summed E-state index contributed by atoms with van der Waals surface area (Å²) in [6.45, 7) is 2.89. The Kier molecular flexibility index (Phi) is 5.82. The molecule has 2 rings (SSSR count). The molecule has 106 valence electrons. The van der Waals surface area contributed by atoms with Crippen molar-refractivity contribution in [1.82, 2.24) is 4.90 Å². The molecular formula is C14H21NO3S. The molecule has 5 heteroatoms. The minimum atomic E-state index is 0.230. The number of hydrogen-bond acceptors (Lipinski definition) is 4. The lowest BCUT2D eigenvalue weighted by Gasteiger charge is -2.32. The SMILES string of the molecule is COCCOC1CCN(C(=O)Cc2ccsc2)CC1. The number of piperidine rings is 1. The van der Waals surface area contributed by atoms with Crippen molar-refractivity contribution in [2.24, 2.45) is 0 Å². The quantitative estimate of drug-likeness (QED) is 0.749. The zero-order valence-electron chi connectivity index (χ0n) is 11.3. The van der Waals surface area contributed by atoms with Gasteiger partial charge in [0.05, 0.1) is 25.7 Å². The third-order valence-corrected chi connectivity index (χ3v) is 4.10. The molecule has 0 unspecified atom stereocenters. The Balaban J connectivity index is 1.69. The number of carbonyl (C=O) groups is 1. The van der Waals surface area contributed by atoms with E-state index in [9.17, 15) is 4.79 Å². The van der Waals surface area contributed by atoms with Crippen LogP contribution in [0.15, 0.2) is 16.8 Å². The van der Waals surface area contributed by atoms with Crippen LogP contribution in [0.5, 0.6) is 0 Å². The molecule has 0 spiro atoms. The van der Waals surface area contributed by atoms with E-state index in [0.29, 0.717) is 19.6 Å². The Bertz CT molecular complexity index is 372. The molecule has 1 fully saturated rings. The average molecular weight is 283 g/mol. The van der Waals surface area contributed by atoms with Gasteiger partial charge in [0.1, 0.15) is 0 Å². The molecule has 0 aromatic carbocycles. The lowest BCUT2D eigenvalue weighted by molar-refractivity contribution is -0.133. The predicted octanol–water partition coefficient (Wildman–Crippen LogP) is 1.94. The lowest BCUT2D eigenvalue weighted by Crippen LogP contribution is -2.41. The maximum atomic E-state index is 12.1. The van der Waals surface area contributed by atoms with Crippen molar-refractivity contribution in [3.8, 4) is 0 Å². The second-order valence-electron chi connectivity index (χ2n) is 4.75. The van der Waals surface area contributed by atoms with Crippen molar-refractivity contribution >= 4 is 17.2 Å². The zero-order chi connectivity index (χ0) is 13.5. The Morgan fingerprint density at radius 3 is 2.84 bits per heavy atom. The first kappa shape index (κ1) is 14.5. The van der Waals surface area contributed by atoms with Gasteiger partial charge in [0.15, 0.2) is 0 Å². The summed E-state index contributed by atoms with van der Waals surface area (Å²) < 4.78 is 10.7. The van der Waals surface area contributed by atoms with Gasteiger partial charge >= 0.3 is 0 Å². The molecule has 1 aromatic heterocycles. The van der Waals surface area contributed by atoms with Gasteiger partial charge in [0.25, 0.3) is 0 Å². The number of carbonyl (C=O) groups excluding carboxylic acids is 1. The van der Waals surface area contributed by atoms with Crippen molar-refractivity contribution in [2.45, 2.75) is 25.4 Å². The van der Waals surface area contributed by atoms with Crippen LogP contribution in [0.1, 0.15) is 18.4 Å². The maximum absolute atomic E-state index is 12.1. The highest BCUT2D eigenvalue weighted by Gasteiger charge is 2.23. The minimum Gasteiger partial charge on any atom is -0.382 e. The van der Waals surface area contributed by atoms with Crippen LogP contribution < -0.4 is 0 Å². The fourth-order valence-corrected chi connectivity index (χ4v) is 2.92. The van der Waals surface area contributed by atoms with Gasteiger partial charge in [-0.1, -0.05) is 0 Å². The largest absolute Gasteiger partial charge is 0.382 e. The zero-order valence-corrected chi connectivity index (χ0v) is 12.2. The number of nitrogens with zero attached hydrogens (tertiary/aromatic N) is 1. The molecule has 1 saturated heterocycles. The monoisotopic (exact) mass is 283 g/mol. The van der Waals surface area contributed by atoms with Crippen molar-refractivity contribution < 1.29 is 14.3 Å². The molecular weight excluding hydrogens is 262 g/mol. The predicted molar refractivity (Wildman–Crippen MR) is 75.5 cm³/mol. The first-order valence-corrected chi connectivity index (χ1v) is 7.63. The summed E-state index contributed by atoms with van der Waals surface area (Å²) >= 11 is 1.64. The maximum Gasteiger partial charge on any atom is 0.227 e. The summed E-state index contributed by atoms with van der Waals surface area (Å²) in [7, 11) is 1.68. The topological polar surface area (TPSA) is 38.8 Å². The van der Waals surface area contributed by atoms with E-state index >= 15 is 0 Å². The summed E-state index contributed by atoms with van der Waals surface area (Å²) in [6, 6.07) is 2.02. The smallest absolute Gasteiger partial charge is 0.227 e. The summed E-state index contributed by atoms with van der Waals surface area (Å²) in [5, 5.41) is 4.05. The molecule has 19 heavy (non-hydrogen) atoms. The van der Waals surface area contributed by atoms with E-state index in [4.69, 9.17) is 9.47 Å². The van der Waals surface area contributed by atoms with Crippen LogP contribution >= 0.6 is 11.3 Å². The van der Waals surface area contributed by atoms with Crippen LogP contribution in [0.2, 0.25) is 0 Å². The Morgan fingerprint density at radius 1 is 1.42 bits per heavy atom. The highest BCUT2D eigenvalue weighted by molar-refractivity contribution is 7.07. The Morgan fingerprint density at radius 2 is 2.21 bits per heavy atom. The minimum absolute atomic E-state index is 0.230. The normalized spacial score (nSPS) is 16.8. The number of hydrogen-bond donors (Lipinski definition) is 0. The van der Waals surface area contributed by atoms with E-state index in [1.54, 1.807) is 18.4 Å². The van der Waals surface area contributed by atoms with E-state index < -0.39 is 0 Å². The van der Waals surface area contributed by atoms with Gasteiger partial charge in [-0.3, -0.25) is 4.79 Å². The van der Waals surface area contributed by atoms with E-state index in [2.05, 4.69) is 0 Å². The van der Waals surface area contributed by atoms with Crippen LogP contribution in [0.3, 0.4) is 0 Å². The average Bonchev–Trinajstić information content (AvgIpc) is 2.93. The second-order valence-corrected chi connectivity index (χ2v) is 5.53. The van der Waals surface area contributed by atoms with Gasteiger partial charge in [-0.05, 0) is 35.2 Å². The molecule has 1 aromatic rings. The van der Waals surface area contributed by atoms with Crippen molar-refractivity contribution in [2.75, 3.05) is 33.4 Å². The molecule has 0 radical (unpaired) electrons. The van der Waals surface area contributed by atoms with Gasteiger partial charge < -0.3 is 14.4 Å². The summed E-state index contributed by atoms with van der Waals surface area (Å²) in [6.07, 6.45) is 2.66. The summed E-state index contributed by atoms with van der Waals surface area (Å²) in [5.41, 5.74) is 1.12. The van der Waals surface area contributed by atoms with Crippen molar-refractivity contribution in [3.05, 3.63) is 22.4 Å². The van der Waals surface area contributed by atoms with Crippen LogP contribution in [0.25, 0.3) is 0 Å². The van der Waals surface area contributed by atoms with Crippen molar-refractivity contribution in [3.63, 3.8) is 0 Å². The molecule has 4 nitrogen and oxygen atoms in total. The van der Waals surface area contributed by atoms with Crippen LogP contribution in [-0.2, 0) is 20.7 Å². The molecule has 0 aliphatic carbocycles. The van der Waals surface area contributed by atoms with E-state index in [1.165, 1.54) is 0 Å².